The number of morpholine rings is 1. The number of rotatable bonds is 4. The van der Waals surface area contributed by atoms with Gasteiger partial charge in [0.25, 0.3) is 5.56 Å². The highest BCUT2D eigenvalue weighted by Crippen LogP contribution is 2.35. The smallest absolute Gasteiger partial charge is 0.262 e. The normalized spacial score (nSPS) is 19.6. The quantitative estimate of drug-likeness (QED) is 0.660. The summed E-state index contributed by atoms with van der Waals surface area (Å²) in [6.07, 6.45) is 1.90. The lowest BCUT2D eigenvalue weighted by Crippen LogP contribution is -2.48. The molecule has 0 N–H and O–H groups in total. The number of fused-ring (bicyclic) bond motifs is 1. The van der Waals surface area contributed by atoms with Gasteiger partial charge in [-0.1, -0.05) is 30.3 Å². The molecular weight excluding hydrogens is 386 g/mol. The first-order valence-electron chi connectivity index (χ1n) is 9.91. The number of aryl methyl sites for hydroxylation is 2. The van der Waals surface area contributed by atoms with Crippen molar-refractivity contribution in [3.05, 3.63) is 51.9 Å². The van der Waals surface area contributed by atoms with Gasteiger partial charge in [-0.25, -0.2) is 4.98 Å². The fourth-order valence-corrected chi connectivity index (χ4v) is 5.01. The molecule has 1 amide bonds. The maximum atomic E-state index is 13.2. The Morgan fingerprint density at radius 3 is 2.59 bits per heavy atom. The lowest BCUT2D eigenvalue weighted by atomic mass is 10.0. The van der Waals surface area contributed by atoms with E-state index in [2.05, 4.69) is 4.98 Å². The molecule has 2 unspecified atom stereocenters. The third-order valence-electron chi connectivity index (χ3n) is 5.26. The number of nitrogens with zero attached hydrogens (tertiary/aromatic N) is 3. The fourth-order valence-electron chi connectivity index (χ4n) is 4.00. The van der Waals surface area contributed by atoms with Crippen LogP contribution < -0.4 is 5.56 Å². The zero-order chi connectivity index (χ0) is 20.5. The molecule has 29 heavy (non-hydrogen) atoms. The number of aromatic nitrogens is 2. The van der Waals surface area contributed by atoms with Crippen molar-refractivity contribution in [1.82, 2.24) is 14.5 Å². The monoisotopic (exact) mass is 411 g/mol. The highest BCUT2D eigenvalue weighted by Gasteiger charge is 2.25. The molecule has 6 nitrogen and oxygen atoms in total. The molecule has 1 aliphatic heterocycles. The molecule has 0 aliphatic carbocycles. The molecule has 0 radical (unpaired) electrons. The summed E-state index contributed by atoms with van der Waals surface area (Å²) < 4.78 is 7.26. The lowest BCUT2D eigenvalue weighted by molar-refractivity contribution is -0.143. The highest BCUT2D eigenvalue weighted by molar-refractivity contribution is 7.19. The fraction of sp³-hybridized carbons (Fsp3) is 0.409. The van der Waals surface area contributed by atoms with Crippen LogP contribution in [0.5, 0.6) is 0 Å². The number of ether oxygens (including phenoxy) is 1. The molecule has 3 aromatic rings. The van der Waals surface area contributed by atoms with Crippen LogP contribution >= 0.6 is 11.3 Å². The van der Waals surface area contributed by atoms with Crippen LogP contribution in [0.1, 0.15) is 25.1 Å². The molecule has 7 heteroatoms. The summed E-state index contributed by atoms with van der Waals surface area (Å²) in [5, 5.41) is 0.641. The van der Waals surface area contributed by atoms with E-state index >= 15 is 0 Å². The van der Waals surface area contributed by atoms with Gasteiger partial charge in [0, 0.05) is 36.5 Å². The molecule has 0 saturated carbocycles. The van der Waals surface area contributed by atoms with E-state index in [1.807, 2.05) is 56.0 Å². The van der Waals surface area contributed by atoms with Crippen molar-refractivity contribution in [2.24, 2.45) is 0 Å². The van der Waals surface area contributed by atoms with Crippen LogP contribution in [0, 0.1) is 6.92 Å². The van der Waals surface area contributed by atoms with Gasteiger partial charge in [0.1, 0.15) is 4.83 Å². The van der Waals surface area contributed by atoms with Gasteiger partial charge in [0.2, 0.25) is 5.91 Å². The topological polar surface area (TPSA) is 64.4 Å². The Morgan fingerprint density at radius 1 is 1.21 bits per heavy atom. The van der Waals surface area contributed by atoms with E-state index in [1.54, 1.807) is 10.9 Å². The minimum Gasteiger partial charge on any atom is -0.372 e. The second-order valence-electron chi connectivity index (χ2n) is 7.63. The largest absolute Gasteiger partial charge is 0.372 e. The van der Waals surface area contributed by atoms with E-state index in [1.165, 1.54) is 11.3 Å². The van der Waals surface area contributed by atoms with Crippen LogP contribution in [0.3, 0.4) is 0 Å². The Labute approximate surface area is 173 Å². The number of benzene rings is 1. The van der Waals surface area contributed by atoms with Gasteiger partial charge in [-0.05, 0) is 26.3 Å². The van der Waals surface area contributed by atoms with E-state index < -0.39 is 0 Å². The summed E-state index contributed by atoms with van der Waals surface area (Å²) in [5.74, 6) is 0.0452. The van der Waals surface area contributed by atoms with E-state index in [0.717, 1.165) is 20.8 Å². The average Bonchev–Trinajstić information content (AvgIpc) is 3.04. The SMILES string of the molecule is Cc1sc2ncn(CCC(=O)N3CC(C)OC(C)C3)c(=O)c2c1-c1ccccc1. The Morgan fingerprint density at radius 2 is 1.90 bits per heavy atom. The molecule has 2 atom stereocenters. The number of amides is 1. The summed E-state index contributed by atoms with van der Waals surface area (Å²) in [6.45, 7) is 7.48. The molecule has 4 rings (SSSR count). The van der Waals surface area contributed by atoms with Crippen LogP contribution in [-0.4, -0.2) is 45.7 Å². The second kappa shape index (κ2) is 8.08. The van der Waals surface area contributed by atoms with Gasteiger partial charge in [-0.2, -0.15) is 0 Å². The predicted octanol–water partition coefficient (Wildman–Crippen LogP) is 3.46. The van der Waals surface area contributed by atoms with Gasteiger partial charge >= 0.3 is 0 Å². The zero-order valence-electron chi connectivity index (χ0n) is 16.9. The van der Waals surface area contributed by atoms with Crippen molar-refractivity contribution in [3.63, 3.8) is 0 Å². The van der Waals surface area contributed by atoms with E-state index in [4.69, 9.17) is 4.74 Å². The third-order valence-corrected chi connectivity index (χ3v) is 6.27. The van der Waals surface area contributed by atoms with Gasteiger partial charge in [0.05, 0.1) is 23.9 Å². The number of carbonyl (C=O) groups is 1. The summed E-state index contributed by atoms with van der Waals surface area (Å²) >= 11 is 1.53. The standard InChI is InChI=1S/C22H25N3O3S/c1-14-11-25(12-15(2)28-14)18(26)9-10-24-13-23-21-20(22(24)27)19(16(3)29-21)17-7-5-4-6-8-17/h4-8,13-15H,9-12H2,1-3H3. The molecular formula is C22H25N3O3S. The van der Waals surface area contributed by atoms with Crippen molar-refractivity contribution in [1.29, 1.82) is 0 Å². The second-order valence-corrected chi connectivity index (χ2v) is 8.83. The summed E-state index contributed by atoms with van der Waals surface area (Å²) in [4.78, 5) is 34.0. The number of carbonyl (C=O) groups excluding carboxylic acids is 1. The Bertz CT molecular complexity index is 1080. The van der Waals surface area contributed by atoms with Crippen LogP contribution in [0.4, 0.5) is 0 Å². The minimum absolute atomic E-state index is 0.0330. The van der Waals surface area contributed by atoms with Crippen molar-refractivity contribution >= 4 is 27.5 Å². The molecule has 3 heterocycles. The Hall–Kier alpha value is -2.51. The van der Waals surface area contributed by atoms with Gasteiger partial charge < -0.3 is 9.64 Å². The van der Waals surface area contributed by atoms with E-state index in [0.29, 0.717) is 25.0 Å². The predicted molar refractivity (Wildman–Crippen MR) is 115 cm³/mol. The molecule has 0 bridgehead atoms. The maximum Gasteiger partial charge on any atom is 0.262 e. The lowest BCUT2D eigenvalue weighted by Gasteiger charge is -2.35. The average molecular weight is 412 g/mol. The number of hydrogen-bond acceptors (Lipinski definition) is 5. The van der Waals surface area contributed by atoms with Crippen molar-refractivity contribution in [3.8, 4) is 11.1 Å². The molecule has 152 valence electrons. The van der Waals surface area contributed by atoms with Gasteiger partial charge in [0.15, 0.2) is 0 Å². The first kappa shape index (κ1) is 19.8. The van der Waals surface area contributed by atoms with E-state index in [-0.39, 0.29) is 30.1 Å². The third kappa shape index (κ3) is 3.97. The van der Waals surface area contributed by atoms with E-state index in [9.17, 15) is 9.59 Å². The van der Waals surface area contributed by atoms with Crippen molar-refractivity contribution < 1.29 is 9.53 Å². The van der Waals surface area contributed by atoms with Crippen LogP contribution in [0.25, 0.3) is 21.3 Å². The number of thiophene rings is 1. The van der Waals surface area contributed by atoms with Crippen LogP contribution in [0.2, 0.25) is 0 Å². The minimum atomic E-state index is -0.0882. The first-order chi connectivity index (χ1) is 13.9. The molecule has 1 aliphatic rings. The van der Waals surface area contributed by atoms with Gasteiger partial charge in [-0.15, -0.1) is 11.3 Å². The van der Waals surface area contributed by atoms with Gasteiger partial charge in [-0.3, -0.25) is 14.2 Å². The molecule has 1 fully saturated rings. The van der Waals surface area contributed by atoms with Crippen molar-refractivity contribution in [2.75, 3.05) is 13.1 Å². The van der Waals surface area contributed by atoms with Crippen LogP contribution in [-0.2, 0) is 16.1 Å². The first-order valence-corrected chi connectivity index (χ1v) is 10.7. The maximum absolute atomic E-state index is 13.2. The van der Waals surface area contributed by atoms with Crippen molar-refractivity contribution in [2.45, 2.75) is 45.9 Å². The Kier molecular flexibility index (Phi) is 5.52. The highest BCUT2D eigenvalue weighted by atomic mass is 32.1. The molecule has 1 aromatic carbocycles. The summed E-state index contributed by atoms with van der Waals surface area (Å²) in [5.41, 5.74) is 1.87. The Balaban J connectivity index is 1.60. The summed E-state index contributed by atoms with van der Waals surface area (Å²) in [7, 11) is 0. The molecule has 1 saturated heterocycles. The zero-order valence-corrected chi connectivity index (χ0v) is 17.7. The molecule has 2 aromatic heterocycles. The molecule has 0 spiro atoms. The summed E-state index contributed by atoms with van der Waals surface area (Å²) in [6, 6.07) is 9.92. The number of hydrogen-bond donors (Lipinski definition) is 0. The van der Waals surface area contributed by atoms with Crippen LogP contribution in [0.15, 0.2) is 41.5 Å².